The standard InChI is InChI=1S/C12H18N2O4S/c1-3-18-7-6-14-12(15)11-8-10(19(13,16)17)5-4-9(11)2/h4-5,8H,3,6-7H2,1-2H3,(H,14,15)(H2,13,16,17). The number of sulfonamides is 1. The fourth-order valence-corrected chi connectivity index (χ4v) is 2.04. The molecule has 0 radical (unpaired) electrons. The minimum atomic E-state index is -3.81. The minimum Gasteiger partial charge on any atom is -0.380 e. The summed E-state index contributed by atoms with van der Waals surface area (Å²) < 4.78 is 27.6. The molecule has 0 fully saturated rings. The molecule has 0 aromatic heterocycles. The molecule has 0 bridgehead atoms. The second-order valence-electron chi connectivity index (χ2n) is 3.97. The number of ether oxygens (including phenoxy) is 1. The average molecular weight is 286 g/mol. The first-order valence-electron chi connectivity index (χ1n) is 5.85. The van der Waals surface area contributed by atoms with Gasteiger partial charge in [0.15, 0.2) is 0 Å². The molecule has 1 aromatic carbocycles. The van der Waals surface area contributed by atoms with Crippen molar-refractivity contribution in [2.75, 3.05) is 19.8 Å². The maximum Gasteiger partial charge on any atom is 0.251 e. The number of aryl methyl sites for hydroxylation is 1. The van der Waals surface area contributed by atoms with E-state index in [1.807, 2.05) is 6.92 Å². The summed E-state index contributed by atoms with van der Waals surface area (Å²) in [5, 5.41) is 7.69. The zero-order valence-corrected chi connectivity index (χ0v) is 11.8. The molecule has 0 aliphatic carbocycles. The van der Waals surface area contributed by atoms with Crippen molar-refractivity contribution >= 4 is 15.9 Å². The lowest BCUT2D eigenvalue weighted by atomic mass is 10.1. The lowest BCUT2D eigenvalue weighted by Gasteiger charge is -2.09. The minimum absolute atomic E-state index is 0.0759. The van der Waals surface area contributed by atoms with Crippen LogP contribution in [0.2, 0.25) is 0 Å². The van der Waals surface area contributed by atoms with E-state index in [9.17, 15) is 13.2 Å². The maximum absolute atomic E-state index is 11.9. The summed E-state index contributed by atoms with van der Waals surface area (Å²) in [5.41, 5.74) is 0.976. The number of rotatable bonds is 6. The Bertz CT molecular complexity index is 555. The summed E-state index contributed by atoms with van der Waals surface area (Å²) in [6.07, 6.45) is 0. The Balaban J connectivity index is 2.84. The number of hydrogen-bond donors (Lipinski definition) is 2. The van der Waals surface area contributed by atoms with Crippen LogP contribution in [0, 0.1) is 6.92 Å². The van der Waals surface area contributed by atoms with Gasteiger partial charge in [0.1, 0.15) is 0 Å². The van der Waals surface area contributed by atoms with E-state index in [-0.39, 0.29) is 10.8 Å². The molecular weight excluding hydrogens is 268 g/mol. The van der Waals surface area contributed by atoms with Gasteiger partial charge in [-0.15, -0.1) is 0 Å². The Morgan fingerprint density at radius 1 is 1.42 bits per heavy atom. The molecule has 0 saturated carbocycles. The maximum atomic E-state index is 11.9. The van der Waals surface area contributed by atoms with E-state index in [0.29, 0.717) is 30.9 Å². The number of carbonyl (C=O) groups excluding carboxylic acids is 1. The molecule has 0 atom stereocenters. The van der Waals surface area contributed by atoms with Gasteiger partial charge in [-0.25, -0.2) is 13.6 Å². The molecule has 7 heteroatoms. The van der Waals surface area contributed by atoms with Crippen molar-refractivity contribution in [3.05, 3.63) is 29.3 Å². The second kappa shape index (κ2) is 6.65. The van der Waals surface area contributed by atoms with Gasteiger partial charge in [0.2, 0.25) is 10.0 Å². The van der Waals surface area contributed by atoms with Crippen molar-refractivity contribution in [1.29, 1.82) is 0 Å². The van der Waals surface area contributed by atoms with Crippen molar-refractivity contribution in [3.63, 3.8) is 0 Å². The van der Waals surface area contributed by atoms with Crippen molar-refractivity contribution in [3.8, 4) is 0 Å². The van der Waals surface area contributed by atoms with Gasteiger partial charge in [0.25, 0.3) is 5.91 Å². The van der Waals surface area contributed by atoms with E-state index >= 15 is 0 Å². The third-order valence-corrected chi connectivity index (χ3v) is 3.43. The van der Waals surface area contributed by atoms with Crippen molar-refractivity contribution in [2.45, 2.75) is 18.7 Å². The van der Waals surface area contributed by atoms with Crippen LogP contribution in [0.5, 0.6) is 0 Å². The first kappa shape index (κ1) is 15.6. The molecule has 1 aromatic rings. The summed E-state index contributed by atoms with van der Waals surface area (Å²) in [7, 11) is -3.81. The lowest BCUT2D eigenvalue weighted by molar-refractivity contribution is 0.0922. The largest absolute Gasteiger partial charge is 0.380 e. The monoisotopic (exact) mass is 286 g/mol. The highest BCUT2D eigenvalue weighted by molar-refractivity contribution is 7.89. The Hall–Kier alpha value is -1.44. The van der Waals surface area contributed by atoms with Crippen LogP contribution in [-0.4, -0.2) is 34.1 Å². The predicted molar refractivity (Wildman–Crippen MR) is 71.4 cm³/mol. The number of nitrogens with one attached hydrogen (secondary N) is 1. The third kappa shape index (κ3) is 4.62. The van der Waals surface area contributed by atoms with Gasteiger partial charge >= 0.3 is 0 Å². The van der Waals surface area contributed by atoms with E-state index < -0.39 is 10.0 Å². The van der Waals surface area contributed by atoms with Gasteiger partial charge in [-0.2, -0.15) is 0 Å². The van der Waals surface area contributed by atoms with Crippen molar-refractivity contribution in [2.24, 2.45) is 5.14 Å². The van der Waals surface area contributed by atoms with Crippen molar-refractivity contribution in [1.82, 2.24) is 5.32 Å². The summed E-state index contributed by atoms with van der Waals surface area (Å²) in [5.74, 6) is -0.345. The molecule has 1 rings (SSSR count). The molecule has 6 nitrogen and oxygen atoms in total. The lowest BCUT2D eigenvalue weighted by Crippen LogP contribution is -2.28. The molecule has 0 spiro atoms. The third-order valence-electron chi connectivity index (χ3n) is 2.52. The molecule has 106 valence electrons. The van der Waals surface area contributed by atoms with Gasteiger partial charge in [0.05, 0.1) is 11.5 Å². The van der Waals surface area contributed by atoms with Gasteiger partial charge in [0, 0.05) is 18.7 Å². The van der Waals surface area contributed by atoms with Crippen LogP contribution in [0.25, 0.3) is 0 Å². The van der Waals surface area contributed by atoms with Gasteiger partial charge in [-0.1, -0.05) is 6.07 Å². The van der Waals surface area contributed by atoms with Crippen molar-refractivity contribution < 1.29 is 17.9 Å². The number of primary sulfonamides is 1. The number of nitrogens with two attached hydrogens (primary N) is 1. The van der Waals surface area contributed by atoms with E-state index in [1.165, 1.54) is 12.1 Å². The Morgan fingerprint density at radius 2 is 2.11 bits per heavy atom. The van der Waals surface area contributed by atoms with Crippen LogP contribution in [0.15, 0.2) is 23.1 Å². The fraction of sp³-hybridized carbons (Fsp3) is 0.417. The molecule has 0 aliphatic heterocycles. The average Bonchev–Trinajstić information content (AvgIpc) is 2.33. The van der Waals surface area contributed by atoms with E-state index in [0.717, 1.165) is 0 Å². The number of hydrogen-bond acceptors (Lipinski definition) is 4. The van der Waals surface area contributed by atoms with E-state index in [4.69, 9.17) is 9.88 Å². The Morgan fingerprint density at radius 3 is 2.68 bits per heavy atom. The first-order valence-corrected chi connectivity index (χ1v) is 7.40. The fourth-order valence-electron chi connectivity index (χ4n) is 1.50. The van der Waals surface area contributed by atoms with Crippen LogP contribution in [0.3, 0.4) is 0 Å². The highest BCUT2D eigenvalue weighted by atomic mass is 32.2. The summed E-state index contributed by atoms with van der Waals surface area (Å²) in [6, 6.07) is 4.21. The Labute approximate surface area is 113 Å². The zero-order valence-electron chi connectivity index (χ0n) is 11.0. The molecule has 0 saturated heterocycles. The quantitative estimate of drug-likeness (QED) is 0.740. The SMILES string of the molecule is CCOCCNC(=O)c1cc(S(N)(=O)=O)ccc1C. The molecule has 19 heavy (non-hydrogen) atoms. The van der Waals surface area contributed by atoms with Crippen LogP contribution >= 0.6 is 0 Å². The molecular formula is C12H18N2O4S. The van der Waals surface area contributed by atoms with Gasteiger partial charge in [-0.3, -0.25) is 4.79 Å². The van der Waals surface area contributed by atoms with Crippen LogP contribution in [-0.2, 0) is 14.8 Å². The first-order chi connectivity index (χ1) is 8.86. The molecule has 0 heterocycles. The number of amides is 1. The molecule has 0 aliphatic rings. The predicted octanol–water partition coefficient (Wildman–Crippen LogP) is 0.409. The van der Waals surface area contributed by atoms with Crippen LogP contribution < -0.4 is 10.5 Å². The van der Waals surface area contributed by atoms with Crippen LogP contribution in [0.4, 0.5) is 0 Å². The number of benzene rings is 1. The number of carbonyl (C=O) groups is 1. The molecule has 0 unspecified atom stereocenters. The summed E-state index contributed by atoms with van der Waals surface area (Å²) >= 11 is 0. The summed E-state index contributed by atoms with van der Waals surface area (Å²) in [4.78, 5) is 11.8. The van der Waals surface area contributed by atoms with E-state index in [2.05, 4.69) is 5.32 Å². The van der Waals surface area contributed by atoms with Crippen LogP contribution in [0.1, 0.15) is 22.8 Å². The second-order valence-corrected chi connectivity index (χ2v) is 5.54. The van der Waals surface area contributed by atoms with Gasteiger partial charge < -0.3 is 10.1 Å². The molecule has 3 N–H and O–H groups in total. The smallest absolute Gasteiger partial charge is 0.251 e. The highest BCUT2D eigenvalue weighted by Gasteiger charge is 2.14. The highest BCUT2D eigenvalue weighted by Crippen LogP contribution is 2.14. The van der Waals surface area contributed by atoms with Gasteiger partial charge in [-0.05, 0) is 31.5 Å². The zero-order chi connectivity index (χ0) is 14.5. The van der Waals surface area contributed by atoms with E-state index in [1.54, 1.807) is 13.0 Å². The molecule has 1 amide bonds. The Kier molecular flexibility index (Phi) is 5.46. The normalized spacial score (nSPS) is 11.3. The topological polar surface area (TPSA) is 98.5 Å². The summed E-state index contributed by atoms with van der Waals surface area (Å²) in [6.45, 7) is 4.95.